The topological polar surface area (TPSA) is 101 Å². The van der Waals surface area contributed by atoms with Crippen molar-refractivity contribution in [2.75, 3.05) is 19.1 Å². The number of para-hydroxylation sites is 1. The Bertz CT molecular complexity index is 983. The molecule has 0 atom stereocenters. The molecular formula is C22H25AsN2O5. The van der Waals surface area contributed by atoms with Gasteiger partial charge in [0.15, 0.2) is 0 Å². The number of hydrazine groups is 1. The molecule has 0 fully saturated rings. The monoisotopic (exact) mass is 472 g/mol. The Balaban J connectivity index is 0.000000230. The average Bonchev–Trinajstić information content (AvgIpc) is 2.70. The molecule has 8 heteroatoms. The minimum Gasteiger partial charge on any atom is -0.0622 e. The van der Waals surface area contributed by atoms with E-state index in [4.69, 9.17) is 0 Å². The van der Waals surface area contributed by atoms with Crippen molar-refractivity contribution in [1.82, 2.24) is 5.01 Å². The van der Waals surface area contributed by atoms with Crippen LogP contribution in [0.2, 0.25) is 0 Å². The van der Waals surface area contributed by atoms with Gasteiger partial charge in [0.05, 0.1) is 0 Å². The Hall–Kier alpha value is -2.83. The molecule has 30 heavy (non-hydrogen) atoms. The van der Waals surface area contributed by atoms with Gasteiger partial charge in [-0.25, -0.2) is 0 Å². The predicted molar refractivity (Wildman–Crippen MR) is 117 cm³/mol. The Morgan fingerprint density at radius 2 is 1.27 bits per heavy atom. The van der Waals surface area contributed by atoms with E-state index in [0.29, 0.717) is 0 Å². The van der Waals surface area contributed by atoms with Gasteiger partial charge in [-0.1, -0.05) is 60.7 Å². The third kappa shape index (κ3) is 6.08. The van der Waals surface area contributed by atoms with E-state index in [-0.39, 0.29) is 15.8 Å². The van der Waals surface area contributed by atoms with Gasteiger partial charge in [0.2, 0.25) is 0 Å². The number of phenolic OH excluding ortho intramolecular Hbond substituents is 1. The van der Waals surface area contributed by atoms with E-state index in [1.54, 1.807) is 0 Å². The summed E-state index contributed by atoms with van der Waals surface area (Å²) in [5.74, 6) is -0.826. The zero-order chi connectivity index (χ0) is 22.3. The van der Waals surface area contributed by atoms with Crippen molar-refractivity contribution in [3.63, 3.8) is 0 Å². The summed E-state index contributed by atoms with van der Waals surface area (Å²) in [5.41, 5.74) is 2.37. The molecule has 1 amide bonds. The Kier molecular flexibility index (Phi) is 8.03. The van der Waals surface area contributed by atoms with Gasteiger partial charge >= 0.3 is 107 Å². The van der Waals surface area contributed by atoms with Gasteiger partial charge in [-0.15, -0.1) is 0 Å². The summed E-state index contributed by atoms with van der Waals surface area (Å²) < 4.78 is 29.7. The van der Waals surface area contributed by atoms with E-state index in [0.717, 1.165) is 5.01 Å². The molecule has 0 heterocycles. The van der Waals surface area contributed by atoms with Crippen LogP contribution in [0.25, 0.3) is 11.1 Å². The van der Waals surface area contributed by atoms with E-state index in [9.17, 15) is 21.8 Å². The quantitative estimate of drug-likeness (QED) is 0.398. The molecule has 0 radical (unpaired) electrons. The van der Waals surface area contributed by atoms with Crippen molar-refractivity contribution in [1.29, 1.82) is 0 Å². The summed E-state index contributed by atoms with van der Waals surface area (Å²) in [6.45, 7) is 1.24. The number of hydrogen-bond donors (Lipinski definition) is 3. The smallest absolute Gasteiger partial charge is 0.0184 e. The van der Waals surface area contributed by atoms with E-state index in [2.05, 4.69) is 48.5 Å². The fourth-order valence-electron chi connectivity index (χ4n) is 2.87. The molecule has 3 N–H and O–H groups in total. The summed E-state index contributed by atoms with van der Waals surface area (Å²) in [6, 6.07) is 24.6. The first-order valence-electron chi connectivity index (χ1n) is 9.09. The Labute approximate surface area is 178 Å². The Morgan fingerprint density at radius 1 is 0.800 bits per heavy atom. The van der Waals surface area contributed by atoms with Gasteiger partial charge in [0.1, 0.15) is 0 Å². The zero-order valence-electron chi connectivity index (χ0n) is 17.0. The van der Waals surface area contributed by atoms with E-state index >= 15 is 0 Å². The number of benzene rings is 3. The number of anilines is 1. The van der Waals surface area contributed by atoms with Crippen molar-refractivity contribution < 1.29 is 21.8 Å². The SMILES string of the molecule is CC(=O)N(c1c(O)cccc1[As](=O)(O)O)N(C)C.c1ccc(-c2ccccc2)cc1. The largest absolute Gasteiger partial charge is 0.0622 e. The summed E-state index contributed by atoms with van der Waals surface area (Å²) in [5, 5.41) is 12.1. The van der Waals surface area contributed by atoms with Crippen LogP contribution in [0.15, 0.2) is 78.9 Å². The maximum absolute atomic E-state index is 11.5. The third-order valence-electron chi connectivity index (χ3n) is 4.10. The number of aromatic hydroxyl groups is 1. The minimum atomic E-state index is -5.25. The van der Waals surface area contributed by atoms with Crippen LogP contribution in [0.3, 0.4) is 0 Å². The first kappa shape index (κ1) is 23.4. The molecule has 158 valence electrons. The van der Waals surface area contributed by atoms with Gasteiger partial charge in [0, 0.05) is 0 Å². The summed E-state index contributed by atoms with van der Waals surface area (Å²) >= 11 is -5.25. The Morgan fingerprint density at radius 3 is 1.63 bits per heavy atom. The molecule has 7 nitrogen and oxygen atoms in total. The fraction of sp³-hybridized carbons (Fsp3) is 0.136. The molecule has 0 aliphatic rings. The van der Waals surface area contributed by atoms with Crippen molar-refractivity contribution >= 4 is 30.1 Å². The molecule has 0 spiro atoms. The summed E-state index contributed by atoms with van der Waals surface area (Å²) in [6.07, 6.45) is 0. The van der Waals surface area contributed by atoms with Crippen molar-refractivity contribution in [3.05, 3.63) is 78.9 Å². The van der Waals surface area contributed by atoms with Gasteiger partial charge < -0.3 is 0 Å². The van der Waals surface area contributed by atoms with Crippen LogP contribution in [0.5, 0.6) is 5.75 Å². The molecule has 0 bridgehead atoms. The number of nitrogens with zero attached hydrogens (tertiary/aromatic N) is 2. The van der Waals surface area contributed by atoms with Gasteiger partial charge in [-0.3, -0.25) is 0 Å². The normalized spacial score (nSPS) is 10.9. The van der Waals surface area contributed by atoms with Crippen LogP contribution < -0.4 is 9.36 Å². The molecule has 3 aromatic carbocycles. The molecule has 0 aliphatic carbocycles. The average molecular weight is 472 g/mol. The molecule has 0 saturated heterocycles. The third-order valence-corrected chi connectivity index (χ3v) is 6.17. The molecular weight excluding hydrogens is 447 g/mol. The molecule has 0 aromatic heterocycles. The second-order valence-corrected chi connectivity index (χ2v) is 9.89. The summed E-state index contributed by atoms with van der Waals surface area (Å²) in [4.78, 5) is 11.5. The number of amides is 1. The zero-order valence-corrected chi connectivity index (χ0v) is 18.9. The second-order valence-electron chi connectivity index (χ2n) is 6.60. The predicted octanol–water partition coefficient (Wildman–Crippen LogP) is 2.14. The van der Waals surface area contributed by atoms with E-state index in [1.807, 2.05) is 12.1 Å². The minimum absolute atomic E-state index is 0.178. The van der Waals surface area contributed by atoms with Crippen molar-refractivity contribution in [2.45, 2.75) is 6.92 Å². The number of carbonyl (C=O) groups excluding carboxylic acids is 1. The van der Waals surface area contributed by atoms with Crippen molar-refractivity contribution in [3.8, 4) is 16.9 Å². The van der Waals surface area contributed by atoms with Gasteiger partial charge in [0.25, 0.3) is 0 Å². The molecule has 0 aliphatic heterocycles. The van der Waals surface area contributed by atoms with Crippen LogP contribution in [-0.2, 0) is 8.53 Å². The van der Waals surface area contributed by atoms with E-state index < -0.39 is 20.1 Å². The van der Waals surface area contributed by atoms with Crippen LogP contribution >= 0.6 is 0 Å². The van der Waals surface area contributed by atoms with E-state index in [1.165, 1.54) is 55.4 Å². The van der Waals surface area contributed by atoms with Crippen LogP contribution in [0, 0.1) is 0 Å². The molecule has 3 rings (SSSR count). The van der Waals surface area contributed by atoms with Crippen LogP contribution in [0.4, 0.5) is 5.69 Å². The van der Waals surface area contributed by atoms with Crippen molar-refractivity contribution in [2.24, 2.45) is 0 Å². The van der Waals surface area contributed by atoms with Crippen LogP contribution in [0.1, 0.15) is 6.92 Å². The fourth-order valence-corrected chi connectivity index (χ4v) is 4.48. The summed E-state index contributed by atoms with van der Waals surface area (Å²) in [7, 11) is 3.06. The standard InChI is InChI=1S/C12H10.C10H15AsN2O5/c1-3-7-11(8-4-1)12-9-5-2-6-10-12;1-7(14)13(12(2)3)10-8(11(16,17)18)5-4-6-9(10)15/h1-10H;4-6,15H,1-3H3,(H2,16,17,18). The maximum atomic E-state index is 11.5. The maximum Gasteiger partial charge on any atom is -0.0184 e. The first-order chi connectivity index (χ1) is 14.1. The van der Waals surface area contributed by atoms with Gasteiger partial charge in [-0.05, 0) is 11.1 Å². The molecule has 0 unspecified atom stereocenters. The first-order valence-corrected chi connectivity index (χ1v) is 12.5. The van der Waals surface area contributed by atoms with Crippen LogP contribution in [-0.4, -0.2) is 52.5 Å². The molecule has 3 aromatic rings. The number of hydrogen-bond acceptors (Lipinski definition) is 4. The second kappa shape index (κ2) is 10.3. The molecule has 0 saturated carbocycles. The number of rotatable bonds is 4. The van der Waals surface area contributed by atoms with Gasteiger partial charge in [-0.2, -0.15) is 0 Å². The number of carbonyl (C=O) groups is 1. The number of phenols is 1.